The van der Waals surface area contributed by atoms with Crippen LogP contribution in [0.2, 0.25) is 0 Å². The van der Waals surface area contributed by atoms with Gasteiger partial charge in [0.25, 0.3) is 0 Å². The maximum Gasteiger partial charge on any atom is 0.207 e. The SMILES string of the molecule is COc1ccc(OCC2=Cc3cccc(C)c3S2(=O)=O)cc1. The Bertz CT molecular complexity index is 833. The summed E-state index contributed by atoms with van der Waals surface area (Å²) < 4.78 is 35.8. The van der Waals surface area contributed by atoms with Crippen LogP contribution in [-0.2, 0) is 9.84 Å². The lowest BCUT2D eigenvalue weighted by atomic mass is 10.1. The van der Waals surface area contributed by atoms with Crippen molar-refractivity contribution in [1.82, 2.24) is 0 Å². The smallest absolute Gasteiger partial charge is 0.207 e. The Kier molecular flexibility index (Phi) is 3.66. The summed E-state index contributed by atoms with van der Waals surface area (Å²) in [5.41, 5.74) is 1.49. The molecule has 3 rings (SSSR count). The van der Waals surface area contributed by atoms with Gasteiger partial charge >= 0.3 is 0 Å². The van der Waals surface area contributed by atoms with Gasteiger partial charge in [0.15, 0.2) is 0 Å². The number of hydrogen-bond donors (Lipinski definition) is 0. The zero-order valence-corrected chi connectivity index (χ0v) is 13.2. The van der Waals surface area contributed by atoms with Crippen molar-refractivity contribution >= 4 is 15.9 Å². The van der Waals surface area contributed by atoms with Gasteiger partial charge < -0.3 is 9.47 Å². The van der Waals surface area contributed by atoms with Crippen LogP contribution in [0.4, 0.5) is 0 Å². The Hall–Kier alpha value is -2.27. The average molecular weight is 316 g/mol. The summed E-state index contributed by atoms with van der Waals surface area (Å²) in [4.78, 5) is 0.677. The zero-order chi connectivity index (χ0) is 15.7. The van der Waals surface area contributed by atoms with Crippen LogP contribution < -0.4 is 9.47 Å². The molecule has 0 unspecified atom stereocenters. The highest BCUT2D eigenvalue weighted by molar-refractivity contribution is 7.96. The normalized spacial score (nSPS) is 15.1. The van der Waals surface area contributed by atoms with Gasteiger partial charge in [-0.3, -0.25) is 0 Å². The van der Waals surface area contributed by atoms with Crippen molar-refractivity contribution < 1.29 is 17.9 Å². The molecular formula is C17H16O4S. The van der Waals surface area contributed by atoms with E-state index in [1.54, 1.807) is 56.5 Å². The molecule has 114 valence electrons. The van der Waals surface area contributed by atoms with E-state index >= 15 is 0 Å². The number of methoxy groups -OCH3 is 1. The summed E-state index contributed by atoms with van der Waals surface area (Å²) in [5, 5.41) is 0. The lowest BCUT2D eigenvalue weighted by molar-refractivity contribution is 0.357. The van der Waals surface area contributed by atoms with E-state index in [4.69, 9.17) is 9.47 Å². The first-order valence-electron chi connectivity index (χ1n) is 6.84. The van der Waals surface area contributed by atoms with Gasteiger partial charge in [0.05, 0.1) is 16.9 Å². The third-order valence-corrected chi connectivity index (χ3v) is 5.63. The Labute approximate surface area is 129 Å². The Morgan fingerprint density at radius 1 is 1.00 bits per heavy atom. The van der Waals surface area contributed by atoms with Crippen molar-refractivity contribution in [3.63, 3.8) is 0 Å². The number of sulfone groups is 1. The summed E-state index contributed by atoms with van der Waals surface area (Å²) >= 11 is 0. The van der Waals surface area contributed by atoms with Crippen LogP contribution in [-0.4, -0.2) is 22.1 Å². The third-order valence-electron chi connectivity index (χ3n) is 3.61. The van der Waals surface area contributed by atoms with Crippen LogP contribution in [0.25, 0.3) is 6.08 Å². The van der Waals surface area contributed by atoms with Gasteiger partial charge in [0, 0.05) is 0 Å². The summed E-state index contributed by atoms with van der Waals surface area (Å²) in [6.45, 7) is 1.82. The second kappa shape index (κ2) is 5.50. The number of rotatable bonds is 4. The molecule has 0 spiro atoms. The van der Waals surface area contributed by atoms with Gasteiger partial charge in [-0.25, -0.2) is 8.42 Å². The minimum atomic E-state index is -3.45. The minimum Gasteiger partial charge on any atom is -0.497 e. The topological polar surface area (TPSA) is 52.6 Å². The third kappa shape index (κ3) is 2.48. The first kappa shape index (κ1) is 14.7. The molecule has 1 aliphatic rings. The standard InChI is InChI=1S/C17H16O4S/c1-12-4-3-5-13-10-16(22(18,19)17(12)13)11-21-15-8-6-14(20-2)7-9-15/h3-10H,11H2,1-2H3. The van der Waals surface area contributed by atoms with E-state index in [0.717, 1.165) is 16.9 Å². The van der Waals surface area contributed by atoms with Crippen molar-refractivity contribution in [2.24, 2.45) is 0 Å². The van der Waals surface area contributed by atoms with E-state index in [-0.39, 0.29) is 11.5 Å². The molecule has 2 aromatic carbocycles. The molecule has 0 N–H and O–H groups in total. The van der Waals surface area contributed by atoms with Crippen LogP contribution in [0, 0.1) is 6.92 Å². The molecule has 1 aliphatic heterocycles. The Balaban J connectivity index is 1.81. The average Bonchev–Trinajstić information content (AvgIpc) is 2.77. The van der Waals surface area contributed by atoms with Gasteiger partial charge in [-0.2, -0.15) is 0 Å². The van der Waals surface area contributed by atoms with E-state index < -0.39 is 9.84 Å². The molecule has 5 heteroatoms. The predicted octanol–water partition coefficient (Wildman–Crippen LogP) is 3.21. The van der Waals surface area contributed by atoms with Gasteiger partial charge in [0.1, 0.15) is 18.1 Å². The molecule has 0 bridgehead atoms. The Morgan fingerprint density at radius 2 is 1.68 bits per heavy atom. The van der Waals surface area contributed by atoms with Crippen LogP contribution in [0.3, 0.4) is 0 Å². The van der Waals surface area contributed by atoms with Crippen molar-refractivity contribution in [1.29, 1.82) is 0 Å². The summed E-state index contributed by atoms with van der Waals surface area (Å²) in [6.07, 6.45) is 1.68. The fraction of sp³-hybridized carbons (Fsp3) is 0.176. The molecular weight excluding hydrogens is 300 g/mol. The summed E-state index contributed by atoms with van der Waals surface area (Å²) in [5.74, 6) is 1.33. The molecule has 1 heterocycles. The van der Waals surface area contributed by atoms with Crippen molar-refractivity contribution in [2.45, 2.75) is 11.8 Å². The summed E-state index contributed by atoms with van der Waals surface area (Å²) in [7, 11) is -1.86. The van der Waals surface area contributed by atoms with E-state index in [1.165, 1.54) is 0 Å². The van der Waals surface area contributed by atoms with E-state index in [0.29, 0.717) is 10.6 Å². The fourth-order valence-corrected chi connectivity index (χ4v) is 4.17. The lowest BCUT2D eigenvalue weighted by Gasteiger charge is -2.09. The zero-order valence-electron chi connectivity index (χ0n) is 12.4. The highest BCUT2D eigenvalue weighted by atomic mass is 32.2. The molecule has 4 nitrogen and oxygen atoms in total. The number of hydrogen-bond acceptors (Lipinski definition) is 4. The maximum absolute atomic E-state index is 12.6. The highest BCUT2D eigenvalue weighted by Gasteiger charge is 2.31. The predicted molar refractivity (Wildman–Crippen MR) is 84.8 cm³/mol. The highest BCUT2D eigenvalue weighted by Crippen LogP contribution is 2.35. The molecule has 0 amide bonds. The lowest BCUT2D eigenvalue weighted by Crippen LogP contribution is -2.09. The van der Waals surface area contributed by atoms with Crippen molar-refractivity contribution in [3.8, 4) is 11.5 Å². The van der Waals surface area contributed by atoms with Crippen LogP contribution in [0.15, 0.2) is 52.3 Å². The number of fused-ring (bicyclic) bond motifs is 1. The molecule has 0 aromatic heterocycles. The van der Waals surface area contributed by atoms with Gasteiger partial charge in [-0.1, -0.05) is 18.2 Å². The number of aryl methyl sites for hydroxylation is 1. The molecule has 0 aliphatic carbocycles. The fourth-order valence-electron chi connectivity index (χ4n) is 2.48. The summed E-state index contributed by atoms with van der Waals surface area (Å²) in [6, 6.07) is 12.5. The monoisotopic (exact) mass is 316 g/mol. The van der Waals surface area contributed by atoms with Crippen LogP contribution in [0.5, 0.6) is 11.5 Å². The minimum absolute atomic E-state index is 0.0166. The first-order valence-corrected chi connectivity index (χ1v) is 8.33. The molecule has 0 saturated heterocycles. The molecule has 0 fully saturated rings. The number of ether oxygens (including phenoxy) is 2. The van der Waals surface area contributed by atoms with Gasteiger partial charge in [0.2, 0.25) is 9.84 Å². The van der Waals surface area contributed by atoms with Gasteiger partial charge in [-0.15, -0.1) is 0 Å². The Morgan fingerprint density at radius 3 is 2.32 bits per heavy atom. The molecule has 0 atom stereocenters. The maximum atomic E-state index is 12.6. The van der Waals surface area contributed by atoms with E-state index in [9.17, 15) is 8.42 Å². The molecule has 0 radical (unpaired) electrons. The molecule has 0 saturated carbocycles. The van der Waals surface area contributed by atoms with Crippen molar-refractivity contribution in [2.75, 3.05) is 13.7 Å². The van der Waals surface area contributed by atoms with Crippen LogP contribution >= 0.6 is 0 Å². The number of benzene rings is 2. The first-order chi connectivity index (χ1) is 10.5. The second-order valence-electron chi connectivity index (χ2n) is 5.07. The van der Waals surface area contributed by atoms with Gasteiger partial charge in [-0.05, 0) is 48.4 Å². The second-order valence-corrected chi connectivity index (χ2v) is 7.01. The van der Waals surface area contributed by atoms with E-state index in [2.05, 4.69) is 0 Å². The van der Waals surface area contributed by atoms with Crippen LogP contribution in [0.1, 0.15) is 11.1 Å². The largest absolute Gasteiger partial charge is 0.497 e. The quantitative estimate of drug-likeness (QED) is 0.869. The van der Waals surface area contributed by atoms with E-state index in [1.807, 2.05) is 6.07 Å². The van der Waals surface area contributed by atoms with Crippen molar-refractivity contribution in [3.05, 3.63) is 58.5 Å². The molecule has 22 heavy (non-hydrogen) atoms. The molecule has 2 aromatic rings.